The van der Waals surface area contributed by atoms with Gasteiger partial charge in [0, 0.05) is 19.3 Å². The van der Waals surface area contributed by atoms with E-state index in [1.807, 2.05) is 0 Å². The molecule has 0 aromatic carbocycles. The molecule has 0 radical (unpaired) electrons. The first-order chi connectivity index (χ1) is 28.0. The maximum atomic E-state index is 12.5. The van der Waals surface area contributed by atoms with Gasteiger partial charge < -0.3 is 14.2 Å². The van der Waals surface area contributed by atoms with Crippen LogP contribution in [0.2, 0.25) is 0 Å². The molecule has 0 aliphatic heterocycles. The van der Waals surface area contributed by atoms with Crippen molar-refractivity contribution >= 4 is 17.9 Å². The molecule has 6 nitrogen and oxygen atoms in total. The Balaban J connectivity index is 3.77. The molecule has 1 atom stereocenters. The summed E-state index contributed by atoms with van der Waals surface area (Å²) >= 11 is 0. The molecule has 0 spiro atoms. The lowest BCUT2D eigenvalue weighted by Gasteiger charge is -2.18. The summed E-state index contributed by atoms with van der Waals surface area (Å²) in [6, 6.07) is 0. The predicted octanol–water partition coefficient (Wildman–Crippen LogP) is 16.4. The van der Waals surface area contributed by atoms with Crippen LogP contribution in [0.5, 0.6) is 0 Å². The monoisotopic (exact) mass is 807 g/mol. The number of hydrogen-bond acceptors (Lipinski definition) is 6. The van der Waals surface area contributed by atoms with Gasteiger partial charge in [-0.15, -0.1) is 0 Å². The number of carbonyl (C=O) groups is 3. The molecule has 0 aromatic heterocycles. The number of rotatable bonds is 47. The molecular formula is C51H98O6. The smallest absolute Gasteiger partial charge is 0.306 e. The molecule has 0 fully saturated rings. The maximum absolute atomic E-state index is 12.5. The van der Waals surface area contributed by atoms with Gasteiger partial charge in [-0.1, -0.05) is 252 Å². The third-order valence-corrected chi connectivity index (χ3v) is 11.6. The lowest BCUT2D eigenvalue weighted by atomic mass is 10.0. The Bertz CT molecular complexity index is 844. The van der Waals surface area contributed by atoms with Gasteiger partial charge in [0.05, 0.1) is 0 Å². The van der Waals surface area contributed by atoms with E-state index >= 15 is 0 Å². The van der Waals surface area contributed by atoms with E-state index in [4.69, 9.17) is 14.2 Å². The van der Waals surface area contributed by atoms with E-state index < -0.39 is 6.10 Å². The minimum absolute atomic E-state index is 0.0651. The molecule has 0 N–H and O–H groups in total. The van der Waals surface area contributed by atoms with Crippen LogP contribution in [0, 0.1) is 0 Å². The van der Waals surface area contributed by atoms with Gasteiger partial charge in [-0.05, 0) is 19.3 Å². The first-order valence-corrected chi connectivity index (χ1v) is 25.5. The lowest BCUT2D eigenvalue weighted by molar-refractivity contribution is -0.167. The summed E-state index contributed by atoms with van der Waals surface area (Å²) in [6.45, 7) is 6.52. The largest absolute Gasteiger partial charge is 0.462 e. The van der Waals surface area contributed by atoms with Gasteiger partial charge in [0.2, 0.25) is 0 Å². The first-order valence-electron chi connectivity index (χ1n) is 25.5. The molecule has 0 amide bonds. The van der Waals surface area contributed by atoms with Crippen molar-refractivity contribution < 1.29 is 28.6 Å². The summed E-state index contributed by atoms with van der Waals surface area (Å²) in [7, 11) is 0. The number of unbranched alkanes of at least 4 members (excludes halogenated alkanes) is 36. The first kappa shape index (κ1) is 55.4. The lowest BCUT2D eigenvalue weighted by Crippen LogP contribution is -2.30. The van der Waals surface area contributed by atoms with Gasteiger partial charge in [-0.2, -0.15) is 0 Å². The number of ether oxygens (including phenoxy) is 3. The Morgan fingerprint density at radius 3 is 0.702 bits per heavy atom. The van der Waals surface area contributed by atoms with Gasteiger partial charge in [0.25, 0.3) is 0 Å². The van der Waals surface area contributed by atoms with Crippen LogP contribution < -0.4 is 0 Å². The highest BCUT2D eigenvalue weighted by atomic mass is 16.6. The van der Waals surface area contributed by atoms with E-state index in [0.717, 1.165) is 64.2 Å². The third-order valence-electron chi connectivity index (χ3n) is 11.6. The molecular weight excluding hydrogens is 709 g/mol. The van der Waals surface area contributed by atoms with Crippen LogP contribution in [0.25, 0.3) is 0 Å². The van der Waals surface area contributed by atoms with Gasteiger partial charge in [-0.25, -0.2) is 0 Å². The predicted molar refractivity (Wildman–Crippen MR) is 243 cm³/mol. The summed E-state index contributed by atoms with van der Waals surface area (Å²) in [5, 5.41) is 0. The Morgan fingerprint density at radius 2 is 0.474 bits per heavy atom. The van der Waals surface area contributed by atoms with Crippen molar-refractivity contribution in [2.75, 3.05) is 13.2 Å². The average Bonchev–Trinajstić information content (AvgIpc) is 3.21. The molecule has 0 bridgehead atoms. The highest BCUT2D eigenvalue weighted by Gasteiger charge is 2.19. The second-order valence-electron chi connectivity index (χ2n) is 17.5. The second-order valence-corrected chi connectivity index (χ2v) is 17.5. The van der Waals surface area contributed by atoms with E-state index in [9.17, 15) is 14.4 Å². The van der Waals surface area contributed by atoms with Crippen molar-refractivity contribution in [3.63, 3.8) is 0 Å². The van der Waals surface area contributed by atoms with Crippen molar-refractivity contribution in [1.82, 2.24) is 0 Å². The fourth-order valence-electron chi connectivity index (χ4n) is 7.74. The van der Waals surface area contributed by atoms with Crippen molar-refractivity contribution in [1.29, 1.82) is 0 Å². The quantitative estimate of drug-likeness (QED) is 0.0346. The van der Waals surface area contributed by atoms with Crippen LogP contribution in [0.15, 0.2) is 0 Å². The highest BCUT2D eigenvalue weighted by Crippen LogP contribution is 2.17. The maximum Gasteiger partial charge on any atom is 0.306 e. The van der Waals surface area contributed by atoms with Crippen molar-refractivity contribution in [3.05, 3.63) is 0 Å². The summed E-state index contributed by atoms with van der Waals surface area (Å²) in [4.78, 5) is 37.3. The summed E-state index contributed by atoms with van der Waals surface area (Å²) in [5.41, 5.74) is 0. The summed E-state index contributed by atoms with van der Waals surface area (Å²) in [5.74, 6) is -0.877. The van der Waals surface area contributed by atoms with Gasteiger partial charge in [-0.3, -0.25) is 14.4 Å². The van der Waals surface area contributed by atoms with Crippen molar-refractivity contribution in [2.45, 2.75) is 297 Å². The Labute approximate surface area is 355 Å². The van der Waals surface area contributed by atoms with Crippen LogP contribution >= 0.6 is 0 Å². The zero-order valence-corrected chi connectivity index (χ0v) is 38.6. The van der Waals surface area contributed by atoms with Crippen LogP contribution in [-0.4, -0.2) is 37.2 Å². The van der Waals surface area contributed by atoms with E-state index in [0.29, 0.717) is 19.3 Å². The Morgan fingerprint density at radius 1 is 0.281 bits per heavy atom. The standard InChI is InChI=1S/C51H98O6/c1-4-7-10-13-15-16-17-18-19-20-21-22-23-24-25-26-27-28-29-30-31-32-33-34-35-36-39-41-44-50(53)56-47-48(46-55-49(52)43-40-37-12-9-6-3)57-51(54)45-42-38-14-11-8-5-2/h48H,4-47H2,1-3H3. The molecule has 338 valence electrons. The Hall–Kier alpha value is -1.59. The Kier molecular flexibility index (Phi) is 45.8. The summed E-state index contributed by atoms with van der Waals surface area (Å²) in [6.07, 6.45) is 50.4. The normalized spacial score (nSPS) is 11.8. The SMILES string of the molecule is CCCCCCCCCCCCCCCCCCCCCCCCCCCCCCC(=O)OCC(COC(=O)CCCCCCC)OC(=O)CCCCCCCC. The van der Waals surface area contributed by atoms with Crippen molar-refractivity contribution in [2.24, 2.45) is 0 Å². The fourth-order valence-corrected chi connectivity index (χ4v) is 7.74. The minimum Gasteiger partial charge on any atom is -0.462 e. The van der Waals surface area contributed by atoms with Gasteiger partial charge in [0.1, 0.15) is 13.2 Å². The number of carbonyl (C=O) groups excluding carboxylic acids is 3. The zero-order valence-electron chi connectivity index (χ0n) is 38.6. The average molecular weight is 807 g/mol. The van der Waals surface area contributed by atoms with E-state index in [1.54, 1.807) is 0 Å². The topological polar surface area (TPSA) is 78.9 Å². The van der Waals surface area contributed by atoms with E-state index in [-0.39, 0.29) is 31.1 Å². The zero-order chi connectivity index (χ0) is 41.5. The molecule has 0 saturated carbocycles. The number of esters is 3. The van der Waals surface area contributed by atoms with Crippen LogP contribution in [0.1, 0.15) is 290 Å². The second kappa shape index (κ2) is 47.1. The molecule has 0 rings (SSSR count). The summed E-state index contributed by atoms with van der Waals surface area (Å²) < 4.78 is 16.5. The molecule has 0 aromatic rings. The highest BCUT2D eigenvalue weighted by molar-refractivity contribution is 5.71. The van der Waals surface area contributed by atoms with Gasteiger partial charge >= 0.3 is 17.9 Å². The molecule has 1 unspecified atom stereocenters. The van der Waals surface area contributed by atoms with Gasteiger partial charge in [0.15, 0.2) is 6.10 Å². The van der Waals surface area contributed by atoms with Crippen LogP contribution in [-0.2, 0) is 28.6 Å². The molecule has 0 heterocycles. The number of hydrogen-bond donors (Lipinski definition) is 0. The van der Waals surface area contributed by atoms with Crippen molar-refractivity contribution in [3.8, 4) is 0 Å². The van der Waals surface area contributed by atoms with Crippen LogP contribution in [0.3, 0.4) is 0 Å². The third kappa shape index (κ3) is 45.3. The van der Waals surface area contributed by atoms with Crippen LogP contribution in [0.4, 0.5) is 0 Å². The molecule has 0 aliphatic carbocycles. The van der Waals surface area contributed by atoms with E-state index in [1.165, 1.54) is 186 Å². The molecule has 6 heteroatoms. The fraction of sp³-hybridized carbons (Fsp3) is 0.941. The molecule has 57 heavy (non-hydrogen) atoms. The molecule has 0 aliphatic rings. The van der Waals surface area contributed by atoms with E-state index in [2.05, 4.69) is 20.8 Å². The molecule has 0 saturated heterocycles. The minimum atomic E-state index is -0.755.